The molecule has 1 aromatic heterocycles. The van der Waals surface area contributed by atoms with Crippen LogP contribution >= 0.6 is 0 Å². The number of nitrogens with zero attached hydrogens (tertiary/aromatic N) is 3. The number of aromatic carboxylic acids is 1. The maximum Gasteiger partial charge on any atom is 0.335 e. The number of likely N-dealkylation sites (N-methyl/N-ethyl adjacent to an activating group) is 1. The zero-order valence-corrected chi connectivity index (χ0v) is 12.6. The highest BCUT2D eigenvalue weighted by Crippen LogP contribution is 2.31. The fraction of sp³-hybridized carbons (Fsp3) is 0.353. The van der Waals surface area contributed by atoms with Crippen molar-refractivity contribution in [2.45, 2.75) is 18.8 Å². The summed E-state index contributed by atoms with van der Waals surface area (Å²) < 4.78 is 0. The molecule has 22 heavy (non-hydrogen) atoms. The molecule has 5 heteroatoms. The number of piperidine rings is 1. The largest absolute Gasteiger partial charge is 0.478 e. The van der Waals surface area contributed by atoms with Crippen molar-refractivity contribution in [1.29, 1.82) is 0 Å². The molecule has 0 bridgehead atoms. The molecule has 5 nitrogen and oxygen atoms in total. The second-order valence-corrected chi connectivity index (χ2v) is 5.77. The van der Waals surface area contributed by atoms with Crippen LogP contribution < -0.4 is 0 Å². The van der Waals surface area contributed by atoms with Crippen molar-refractivity contribution in [3.8, 4) is 11.3 Å². The monoisotopic (exact) mass is 297 g/mol. The number of carbonyl (C=O) groups is 1. The molecule has 1 N–H and O–H groups in total. The first kappa shape index (κ1) is 14.7. The van der Waals surface area contributed by atoms with Gasteiger partial charge in [-0.2, -0.15) is 0 Å². The van der Waals surface area contributed by atoms with E-state index in [-0.39, 0.29) is 5.56 Å². The van der Waals surface area contributed by atoms with Gasteiger partial charge in [0.2, 0.25) is 0 Å². The zero-order chi connectivity index (χ0) is 15.5. The topological polar surface area (TPSA) is 66.3 Å². The van der Waals surface area contributed by atoms with Crippen molar-refractivity contribution in [2.75, 3.05) is 20.1 Å². The van der Waals surface area contributed by atoms with Gasteiger partial charge in [-0.1, -0.05) is 12.1 Å². The van der Waals surface area contributed by atoms with Gasteiger partial charge >= 0.3 is 5.97 Å². The van der Waals surface area contributed by atoms with Crippen LogP contribution in [0.15, 0.2) is 36.7 Å². The lowest BCUT2D eigenvalue weighted by atomic mass is 9.91. The first-order valence-corrected chi connectivity index (χ1v) is 7.48. The number of aromatic nitrogens is 2. The predicted octanol–water partition coefficient (Wildman–Crippen LogP) is 2.65. The third-order valence-electron chi connectivity index (χ3n) is 4.14. The third-order valence-corrected chi connectivity index (χ3v) is 4.14. The maximum atomic E-state index is 11.0. The molecule has 0 spiro atoms. The number of rotatable bonds is 3. The molecule has 1 fully saturated rings. The quantitative estimate of drug-likeness (QED) is 0.943. The Morgan fingerprint density at radius 3 is 2.64 bits per heavy atom. The van der Waals surface area contributed by atoms with Crippen molar-refractivity contribution in [1.82, 2.24) is 14.9 Å². The lowest BCUT2D eigenvalue weighted by molar-refractivity contribution is 0.0697. The van der Waals surface area contributed by atoms with Crippen LogP contribution in [0.2, 0.25) is 0 Å². The van der Waals surface area contributed by atoms with Crippen LogP contribution in [-0.4, -0.2) is 46.1 Å². The molecule has 0 radical (unpaired) electrons. The Morgan fingerprint density at radius 2 is 1.95 bits per heavy atom. The summed E-state index contributed by atoms with van der Waals surface area (Å²) in [5.41, 5.74) is 3.07. The average Bonchev–Trinajstić information content (AvgIpc) is 2.55. The van der Waals surface area contributed by atoms with E-state index < -0.39 is 5.97 Å². The standard InChI is InChI=1S/C17H19N3O2/c1-20-10-2-3-14(11-20)16-15(18-8-9-19-16)12-4-6-13(7-5-12)17(21)22/h4-9,14H,2-3,10-11H2,1H3,(H,21,22)/t14-/m1/s1. The van der Waals surface area contributed by atoms with Gasteiger partial charge in [0.1, 0.15) is 0 Å². The summed E-state index contributed by atoms with van der Waals surface area (Å²) >= 11 is 0. The van der Waals surface area contributed by atoms with Gasteiger partial charge in [0.15, 0.2) is 0 Å². The van der Waals surface area contributed by atoms with E-state index in [4.69, 9.17) is 5.11 Å². The Labute approximate surface area is 129 Å². The molecule has 1 aliphatic rings. The van der Waals surface area contributed by atoms with Gasteiger partial charge in [0, 0.05) is 30.4 Å². The summed E-state index contributed by atoms with van der Waals surface area (Å²) in [4.78, 5) is 22.3. The van der Waals surface area contributed by atoms with Crippen molar-refractivity contribution in [2.24, 2.45) is 0 Å². The average molecular weight is 297 g/mol. The molecule has 0 saturated carbocycles. The molecule has 0 unspecified atom stereocenters. The van der Waals surface area contributed by atoms with Gasteiger partial charge < -0.3 is 10.0 Å². The van der Waals surface area contributed by atoms with Gasteiger partial charge in [0.25, 0.3) is 0 Å². The molecule has 0 amide bonds. The van der Waals surface area contributed by atoms with E-state index in [2.05, 4.69) is 21.9 Å². The summed E-state index contributed by atoms with van der Waals surface area (Å²) in [5.74, 6) is -0.540. The Kier molecular flexibility index (Phi) is 4.15. The van der Waals surface area contributed by atoms with Gasteiger partial charge in [-0.15, -0.1) is 0 Å². The summed E-state index contributed by atoms with van der Waals surface area (Å²) in [6.45, 7) is 2.11. The summed E-state index contributed by atoms with van der Waals surface area (Å²) in [6, 6.07) is 6.85. The Hall–Kier alpha value is -2.27. The normalized spacial score (nSPS) is 19.0. The fourth-order valence-corrected chi connectivity index (χ4v) is 3.03. The Bertz CT molecular complexity index is 670. The molecule has 2 aromatic rings. The second kappa shape index (κ2) is 6.23. The van der Waals surface area contributed by atoms with Crippen LogP contribution in [0.25, 0.3) is 11.3 Å². The molecular weight excluding hydrogens is 278 g/mol. The molecule has 2 heterocycles. The van der Waals surface area contributed by atoms with Crippen LogP contribution in [0.1, 0.15) is 34.8 Å². The van der Waals surface area contributed by atoms with Crippen molar-refractivity contribution >= 4 is 5.97 Å². The molecule has 0 aliphatic carbocycles. The Morgan fingerprint density at radius 1 is 1.23 bits per heavy atom. The van der Waals surface area contributed by atoms with Crippen LogP contribution in [-0.2, 0) is 0 Å². The number of hydrogen-bond acceptors (Lipinski definition) is 4. The van der Waals surface area contributed by atoms with Crippen molar-refractivity contribution < 1.29 is 9.90 Å². The van der Waals surface area contributed by atoms with E-state index in [1.807, 2.05) is 12.1 Å². The number of carboxylic acids is 1. The van der Waals surface area contributed by atoms with Gasteiger partial charge in [0.05, 0.1) is 17.0 Å². The lowest BCUT2D eigenvalue weighted by Gasteiger charge is -2.30. The number of carboxylic acid groups (broad SMARTS) is 1. The molecular formula is C17H19N3O2. The van der Waals surface area contributed by atoms with Gasteiger partial charge in [-0.05, 0) is 38.6 Å². The summed E-state index contributed by atoms with van der Waals surface area (Å²) in [5, 5.41) is 9.00. The summed E-state index contributed by atoms with van der Waals surface area (Å²) in [7, 11) is 2.13. The minimum Gasteiger partial charge on any atom is -0.478 e. The minimum atomic E-state index is -0.917. The van der Waals surface area contributed by atoms with Gasteiger partial charge in [-0.3, -0.25) is 9.97 Å². The molecule has 1 aliphatic heterocycles. The minimum absolute atomic E-state index is 0.284. The van der Waals surface area contributed by atoms with Crippen LogP contribution in [0.5, 0.6) is 0 Å². The third kappa shape index (κ3) is 2.99. The highest BCUT2D eigenvalue weighted by Gasteiger charge is 2.23. The molecule has 1 atom stereocenters. The van der Waals surface area contributed by atoms with E-state index >= 15 is 0 Å². The van der Waals surface area contributed by atoms with Crippen LogP contribution in [0.4, 0.5) is 0 Å². The lowest BCUT2D eigenvalue weighted by Crippen LogP contribution is -2.31. The predicted molar refractivity (Wildman–Crippen MR) is 83.9 cm³/mol. The smallest absolute Gasteiger partial charge is 0.335 e. The van der Waals surface area contributed by atoms with Crippen LogP contribution in [0, 0.1) is 0 Å². The van der Waals surface area contributed by atoms with E-state index in [9.17, 15) is 4.79 Å². The number of benzene rings is 1. The first-order valence-electron chi connectivity index (χ1n) is 7.48. The highest BCUT2D eigenvalue weighted by atomic mass is 16.4. The van der Waals surface area contributed by atoms with E-state index in [1.54, 1.807) is 24.5 Å². The van der Waals surface area contributed by atoms with E-state index in [0.29, 0.717) is 5.92 Å². The van der Waals surface area contributed by atoms with Crippen molar-refractivity contribution in [3.05, 3.63) is 47.9 Å². The van der Waals surface area contributed by atoms with Gasteiger partial charge in [-0.25, -0.2) is 4.79 Å². The SMILES string of the molecule is CN1CCC[C@@H](c2nccnc2-c2ccc(C(=O)O)cc2)C1. The molecule has 1 aromatic carbocycles. The fourth-order valence-electron chi connectivity index (χ4n) is 3.03. The van der Waals surface area contributed by atoms with Crippen LogP contribution in [0.3, 0.4) is 0 Å². The maximum absolute atomic E-state index is 11.0. The summed E-state index contributed by atoms with van der Waals surface area (Å²) in [6.07, 6.45) is 5.70. The number of likely N-dealkylation sites (tertiary alicyclic amines) is 1. The highest BCUT2D eigenvalue weighted by molar-refractivity contribution is 5.88. The number of hydrogen-bond donors (Lipinski definition) is 1. The second-order valence-electron chi connectivity index (χ2n) is 5.77. The molecule has 114 valence electrons. The van der Waals surface area contributed by atoms with E-state index in [1.165, 1.54) is 0 Å². The first-order chi connectivity index (χ1) is 10.6. The van der Waals surface area contributed by atoms with E-state index in [0.717, 1.165) is 42.9 Å². The zero-order valence-electron chi connectivity index (χ0n) is 12.6. The van der Waals surface area contributed by atoms with Crippen molar-refractivity contribution in [3.63, 3.8) is 0 Å². The molecule has 1 saturated heterocycles. The molecule has 3 rings (SSSR count). The Balaban J connectivity index is 1.95.